The monoisotopic (exact) mass is 558 g/mol. The van der Waals surface area contributed by atoms with Gasteiger partial charge in [-0.25, -0.2) is 9.37 Å². The van der Waals surface area contributed by atoms with Gasteiger partial charge in [0.15, 0.2) is 5.82 Å². The molecule has 1 saturated heterocycles. The number of nitrogens with one attached hydrogen (secondary N) is 1. The van der Waals surface area contributed by atoms with Gasteiger partial charge in [-0.1, -0.05) is 6.07 Å². The van der Waals surface area contributed by atoms with Crippen LogP contribution in [0.2, 0.25) is 0 Å². The highest BCUT2D eigenvalue weighted by Gasteiger charge is 2.25. The fourth-order valence-electron chi connectivity index (χ4n) is 4.58. The van der Waals surface area contributed by atoms with Crippen molar-refractivity contribution >= 4 is 23.3 Å². The molecule has 0 spiro atoms. The largest absolute Gasteiger partial charge is 0.394 e. The quantitative estimate of drug-likeness (QED) is 0.313. The minimum Gasteiger partial charge on any atom is -0.394 e. The summed E-state index contributed by atoms with van der Waals surface area (Å²) in [7, 11) is 1.52. The van der Waals surface area contributed by atoms with E-state index in [1.807, 2.05) is 0 Å². The molecule has 2 aromatic heterocycles. The number of halogens is 1. The van der Waals surface area contributed by atoms with Crippen LogP contribution in [0, 0.1) is 5.82 Å². The lowest BCUT2D eigenvalue weighted by Crippen LogP contribution is -2.46. The Morgan fingerprint density at radius 3 is 2.63 bits per heavy atom. The van der Waals surface area contributed by atoms with Crippen molar-refractivity contribution in [2.45, 2.75) is 6.10 Å². The third-order valence-corrected chi connectivity index (χ3v) is 6.70. The van der Waals surface area contributed by atoms with E-state index in [9.17, 15) is 19.5 Å². The van der Waals surface area contributed by atoms with E-state index in [0.29, 0.717) is 30.9 Å². The van der Waals surface area contributed by atoms with Crippen molar-refractivity contribution < 1.29 is 23.8 Å². The number of anilines is 2. The van der Waals surface area contributed by atoms with Crippen LogP contribution in [-0.2, 0) is 11.8 Å². The summed E-state index contributed by atoms with van der Waals surface area (Å²) in [4.78, 5) is 47.8. The molecule has 2 aromatic carbocycles. The molecule has 0 radical (unpaired) electrons. The number of aliphatic hydroxyl groups excluding tert-OH is 1. The van der Waals surface area contributed by atoms with Gasteiger partial charge in [-0.15, -0.1) is 0 Å². The first-order valence-corrected chi connectivity index (χ1v) is 12.8. The summed E-state index contributed by atoms with van der Waals surface area (Å²) >= 11 is 0. The lowest BCUT2D eigenvalue weighted by molar-refractivity contribution is -0.0447. The summed E-state index contributed by atoms with van der Waals surface area (Å²) < 4.78 is 22.5. The number of amides is 2. The zero-order valence-corrected chi connectivity index (χ0v) is 22.1. The number of carbonyl (C=O) groups excluding carboxylic acids is 2. The molecular weight excluding hydrogens is 531 g/mol. The van der Waals surface area contributed by atoms with Crippen molar-refractivity contribution in [3.63, 3.8) is 0 Å². The summed E-state index contributed by atoms with van der Waals surface area (Å²) in [5.41, 5.74) is 6.44. The van der Waals surface area contributed by atoms with E-state index in [-0.39, 0.29) is 46.4 Å². The number of aryl methyl sites for hydroxylation is 1. The Morgan fingerprint density at radius 2 is 1.90 bits per heavy atom. The third kappa shape index (κ3) is 5.69. The third-order valence-electron chi connectivity index (χ3n) is 6.70. The molecule has 3 heterocycles. The summed E-state index contributed by atoms with van der Waals surface area (Å²) in [6, 6.07) is 14.1. The number of hydrogen-bond acceptors (Lipinski definition) is 8. The van der Waals surface area contributed by atoms with E-state index in [0.717, 1.165) is 0 Å². The van der Waals surface area contributed by atoms with Gasteiger partial charge < -0.3 is 30.4 Å². The van der Waals surface area contributed by atoms with E-state index in [1.54, 1.807) is 35.2 Å². The number of rotatable bonds is 7. The topological polar surface area (TPSA) is 153 Å². The smallest absolute Gasteiger partial charge is 0.293 e. The molecule has 12 heteroatoms. The number of aromatic nitrogens is 3. The average Bonchev–Trinajstić information content (AvgIpc) is 2.99. The zero-order valence-electron chi connectivity index (χ0n) is 22.1. The van der Waals surface area contributed by atoms with Crippen molar-refractivity contribution in [2.24, 2.45) is 12.8 Å². The van der Waals surface area contributed by atoms with Gasteiger partial charge in [0.1, 0.15) is 5.82 Å². The molecule has 41 heavy (non-hydrogen) atoms. The molecule has 1 aliphatic heterocycles. The highest BCUT2D eigenvalue weighted by atomic mass is 19.1. The Kier molecular flexibility index (Phi) is 7.86. The number of primary amides is 1. The highest BCUT2D eigenvalue weighted by molar-refractivity contribution is 5.99. The molecule has 5 rings (SSSR count). The SMILES string of the molecule is Cn1cc(-c2cccc(-c3ncccc3C(N)=O)c2F)nc(Nc2ccc(C(=O)N3CCOC(CO)C3)cc2)c1=O. The first-order chi connectivity index (χ1) is 19.8. The van der Waals surface area contributed by atoms with Crippen molar-refractivity contribution in [3.8, 4) is 22.5 Å². The number of pyridine rings is 1. The molecule has 0 saturated carbocycles. The summed E-state index contributed by atoms with van der Waals surface area (Å²) in [6.07, 6.45) is 2.43. The maximum Gasteiger partial charge on any atom is 0.293 e. The Bertz CT molecular complexity index is 1670. The van der Waals surface area contributed by atoms with Crippen LogP contribution in [0.1, 0.15) is 20.7 Å². The minimum absolute atomic E-state index is 0.0523. The molecule has 4 aromatic rings. The fraction of sp³-hybridized carbons (Fsp3) is 0.207. The van der Waals surface area contributed by atoms with Crippen LogP contribution in [0.4, 0.5) is 15.9 Å². The Hall–Kier alpha value is -4.94. The van der Waals surface area contributed by atoms with E-state index in [1.165, 1.54) is 48.3 Å². The molecule has 1 fully saturated rings. The molecule has 1 aliphatic rings. The second-order valence-corrected chi connectivity index (χ2v) is 9.45. The number of nitrogens with zero attached hydrogens (tertiary/aromatic N) is 4. The lowest BCUT2D eigenvalue weighted by atomic mass is 10.0. The van der Waals surface area contributed by atoms with Crippen molar-refractivity contribution in [2.75, 3.05) is 31.6 Å². The number of aliphatic hydroxyl groups is 1. The van der Waals surface area contributed by atoms with Gasteiger partial charge >= 0.3 is 0 Å². The Balaban J connectivity index is 1.43. The van der Waals surface area contributed by atoms with Gasteiger partial charge in [-0.05, 0) is 48.5 Å². The van der Waals surface area contributed by atoms with Crippen LogP contribution in [-0.4, -0.2) is 68.8 Å². The molecule has 0 bridgehead atoms. The number of nitrogens with two attached hydrogens (primary N) is 1. The molecule has 210 valence electrons. The van der Waals surface area contributed by atoms with Crippen molar-refractivity contribution in [1.82, 2.24) is 19.4 Å². The molecule has 4 N–H and O–H groups in total. The molecule has 1 unspecified atom stereocenters. The molecule has 1 atom stereocenters. The number of hydrogen-bond donors (Lipinski definition) is 3. The molecule has 2 amide bonds. The highest BCUT2D eigenvalue weighted by Crippen LogP contribution is 2.31. The number of benzene rings is 2. The summed E-state index contributed by atoms with van der Waals surface area (Å²) in [5, 5.41) is 12.3. The predicted molar refractivity (Wildman–Crippen MR) is 149 cm³/mol. The van der Waals surface area contributed by atoms with Crippen LogP contribution >= 0.6 is 0 Å². The zero-order chi connectivity index (χ0) is 29.1. The predicted octanol–water partition coefficient (Wildman–Crippen LogP) is 2.32. The molecular formula is C29H27FN6O5. The second kappa shape index (κ2) is 11.7. The van der Waals surface area contributed by atoms with E-state index in [4.69, 9.17) is 10.5 Å². The second-order valence-electron chi connectivity index (χ2n) is 9.45. The van der Waals surface area contributed by atoms with Crippen LogP contribution in [0.5, 0.6) is 0 Å². The lowest BCUT2D eigenvalue weighted by Gasteiger charge is -2.32. The summed E-state index contributed by atoms with van der Waals surface area (Å²) in [6.45, 7) is 0.896. The van der Waals surface area contributed by atoms with Gasteiger partial charge in [0.25, 0.3) is 17.4 Å². The van der Waals surface area contributed by atoms with E-state index in [2.05, 4.69) is 15.3 Å². The maximum absolute atomic E-state index is 15.8. The first-order valence-electron chi connectivity index (χ1n) is 12.8. The first kappa shape index (κ1) is 27.6. The number of carbonyl (C=O) groups is 2. The van der Waals surface area contributed by atoms with Gasteiger partial charge in [0.05, 0.1) is 36.3 Å². The molecule has 0 aliphatic carbocycles. The van der Waals surface area contributed by atoms with Gasteiger partial charge in [-0.2, -0.15) is 0 Å². The van der Waals surface area contributed by atoms with E-state index < -0.39 is 23.4 Å². The van der Waals surface area contributed by atoms with Crippen LogP contribution in [0.25, 0.3) is 22.5 Å². The number of morpholine rings is 1. The van der Waals surface area contributed by atoms with Crippen LogP contribution in [0.3, 0.4) is 0 Å². The van der Waals surface area contributed by atoms with Gasteiger partial charge in [-0.3, -0.25) is 19.4 Å². The minimum atomic E-state index is -0.739. The Labute approximate surface area is 234 Å². The average molecular weight is 559 g/mol. The van der Waals surface area contributed by atoms with Crippen LogP contribution < -0.4 is 16.6 Å². The maximum atomic E-state index is 15.8. The standard InChI is InChI=1S/C29H27FN6O5/c1-35-15-23(20-4-2-5-21(24(20)30)25-22(26(31)38)6-3-11-32-25)34-27(29(35)40)33-18-9-7-17(8-10-18)28(39)36-12-13-41-19(14-36)16-37/h2-11,15,19,37H,12-14,16H2,1H3,(H2,31,38)(H,33,34). The Morgan fingerprint density at radius 1 is 1.15 bits per heavy atom. The van der Waals surface area contributed by atoms with Crippen LogP contribution in [0.15, 0.2) is 71.8 Å². The molecule has 11 nitrogen and oxygen atoms in total. The van der Waals surface area contributed by atoms with Gasteiger partial charge in [0, 0.05) is 54.9 Å². The van der Waals surface area contributed by atoms with Crippen molar-refractivity contribution in [3.05, 3.63) is 94.3 Å². The van der Waals surface area contributed by atoms with Gasteiger partial charge in [0.2, 0.25) is 0 Å². The van der Waals surface area contributed by atoms with E-state index >= 15 is 4.39 Å². The summed E-state index contributed by atoms with van der Waals surface area (Å²) in [5.74, 6) is -1.67. The fourth-order valence-corrected chi connectivity index (χ4v) is 4.58. The van der Waals surface area contributed by atoms with Crippen molar-refractivity contribution in [1.29, 1.82) is 0 Å². The number of ether oxygens (including phenoxy) is 1. The normalized spacial score (nSPS) is 15.0.